The van der Waals surface area contributed by atoms with E-state index in [-0.39, 0.29) is 11.1 Å². The van der Waals surface area contributed by atoms with Crippen molar-refractivity contribution in [2.75, 3.05) is 0 Å². The molecule has 0 bridgehead atoms. The van der Waals surface area contributed by atoms with Crippen LogP contribution < -0.4 is 5.32 Å². The number of hydrogen-bond acceptors (Lipinski definition) is 5. The SMILES string of the molecule is O=C1NC(=O)C(Cc2cnc3ccc(Cl)cc3n2)S1. The molecule has 0 radical (unpaired) electrons. The number of nitrogens with zero attached hydrogens (tertiary/aromatic N) is 2. The lowest BCUT2D eigenvalue weighted by Crippen LogP contribution is -2.25. The van der Waals surface area contributed by atoms with E-state index in [1.54, 1.807) is 24.4 Å². The Hall–Kier alpha value is -1.66. The number of thioether (sulfide) groups is 1. The summed E-state index contributed by atoms with van der Waals surface area (Å²) in [6.45, 7) is 0. The van der Waals surface area contributed by atoms with Gasteiger partial charge < -0.3 is 0 Å². The van der Waals surface area contributed by atoms with Crippen LogP contribution in [-0.4, -0.2) is 26.4 Å². The van der Waals surface area contributed by atoms with Crippen molar-refractivity contribution < 1.29 is 9.59 Å². The van der Waals surface area contributed by atoms with E-state index in [1.807, 2.05) is 0 Å². The standard InChI is InChI=1S/C12H8ClN3O2S/c13-6-1-2-8-9(3-6)15-7(5-14-8)4-10-11(17)16-12(18)19-10/h1-3,5,10H,4H2,(H,16,17,18). The minimum Gasteiger partial charge on any atom is -0.286 e. The van der Waals surface area contributed by atoms with Gasteiger partial charge in [-0.2, -0.15) is 0 Å². The summed E-state index contributed by atoms with van der Waals surface area (Å²) in [4.78, 5) is 31.2. The molecule has 1 atom stereocenters. The lowest BCUT2D eigenvalue weighted by atomic mass is 10.2. The Bertz CT molecular complexity index is 692. The van der Waals surface area contributed by atoms with Crippen molar-refractivity contribution in [2.45, 2.75) is 11.7 Å². The van der Waals surface area contributed by atoms with E-state index in [1.165, 1.54) is 0 Å². The number of hydrogen-bond donors (Lipinski definition) is 1. The second-order valence-corrected chi connectivity index (χ2v) is 5.69. The number of carbonyl (C=O) groups excluding carboxylic acids is 2. The minimum absolute atomic E-state index is 0.275. The molecule has 1 aliphatic rings. The van der Waals surface area contributed by atoms with E-state index in [0.29, 0.717) is 22.7 Å². The first-order chi connectivity index (χ1) is 9.11. The third-order valence-corrected chi connectivity index (χ3v) is 3.93. The highest BCUT2D eigenvalue weighted by molar-refractivity contribution is 8.15. The first-order valence-corrected chi connectivity index (χ1v) is 6.80. The van der Waals surface area contributed by atoms with Crippen LogP contribution in [-0.2, 0) is 11.2 Å². The van der Waals surface area contributed by atoms with Gasteiger partial charge in [0.25, 0.3) is 5.24 Å². The van der Waals surface area contributed by atoms with E-state index in [2.05, 4.69) is 15.3 Å². The number of carbonyl (C=O) groups is 2. The molecular weight excluding hydrogens is 286 g/mol. The van der Waals surface area contributed by atoms with Crippen molar-refractivity contribution in [1.29, 1.82) is 0 Å². The molecule has 0 aliphatic carbocycles. The zero-order valence-electron chi connectivity index (χ0n) is 9.59. The molecular formula is C12H8ClN3O2S. The molecule has 1 aromatic heterocycles. The highest BCUT2D eigenvalue weighted by Gasteiger charge is 2.31. The third kappa shape index (κ3) is 2.54. The molecule has 96 valence electrons. The first-order valence-electron chi connectivity index (χ1n) is 5.54. The lowest BCUT2D eigenvalue weighted by Gasteiger charge is -2.05. The summed E-state index contributed by atoms with van der Waals surface area (Å²) >= 11 is 6.89. The van der Waals surface area contributed by atoms with E-state index < -0.39 is 5.25 Å². The highest BCUT2D eigenvalue weighted by Crippen LogP contribution is 2.23. The van der Waals surface area contributed by atoms with Crippen LogP contribution in [0.25, 0.3) is 11.0 Å². The first kappa shape index (κ1) is 12.4. The Morgan fingerprint density at radius 2 is 2.16 bits per heavy atom. The van der Waals surface area contributed by atoms with Crippen molar-refractivity contribution in [2.24, 2.45) is 0 Å². The van der Waals surface area contributed by atoms with Gasteiger partial charge >= 0.3 is 0 Å². The Morgan fingerprint density at radius 1 is 1.32 bits per heavy atom. The quantitative estimate of drug-likeness (QED) is 0.919. The van der Waals surface area contributed by atoms with Gasteiger partial charge in [-0.15, -0.1) is 0 Å². The second kappa shape index (κ2) is 4.79. The predicted molar refractivity (Wildman–Crippen MR) is 73.2 cm³/mol. The Labute approximate surface area is 117 Å². The molecule has 0 saturated carbocycles. The normalized spacial score (nSPS) is 18.9. The van der Waals surface area contributed by atoms with E-state index >= 15 is 0 Å². The van der Waals surface area contributed by atoms with Crippen molar-refractivity contribution >= 4 is 45.5 Å². The summed E-state index contributed by atoms with van der Waals surface area (Å²) in [5, 5.41) is 2.09. The summed E-state index contributed by atoms with van der Waals surface area (Å²) in [7, 11) is 0. The number of imide groups is 1. The van der Waals surface area contributed by atoms with Gasteiger partial charge in [-0.1, -0.05) is 23.4 Å². The maximum Gasteiger partial charge on any atom is 0.286 e. The van der Waals surface area contributed by atoms with Gasteiger partial charge in [0.1, 0.15) is 0 Å². The van der Waals surface area contributed by atoms with E-state index in [0.717, 1.165) is 17.3 Å². The molecule has 2 aromatic rings. The van der Waals surface area contributed by atoms with Crippen molar-refractivity contribution in [1.82, 2.24) is 15.3 Å². The van der Waals surface area contributed by atoms with Crippen molar-refractivity contribution in [3.8, 4) is 0 Å². The molecule has 1 unspecified atom stereocenters. The minimum atomic E-state index is -0.432. The molecule has 0 spiro atoms. The number of aromatic nitrogens is 2. The Kier molecular flexibility index (Phi) is 3.12. The van der Waals surface area contributed by atoms with Crippen LogP contribution >= 0.6 is 23.4 Å². The van der Waals surface area contributed by atoms with Gasteiger partial charge in [-0.25, -0.2) is 4.98 Å². The van der Waals surface area contributed by atoms with Gasteiger partial charge in [-0.05, 0) is 18.2 Å². The average molecular weight is 294 g/mol. The average Bonchev–Trinajstić information content (AvgIpc) is 2.67. The van der Waals surface area contributed by atoms with Crippen LogP contribution in [0.15, 0.2) is 24.4 Å². The van der Waals surface area contributed by atoms with Gasteiger partial charge in [0.05, 0.1) is 22.0 Å². The molecule has 1 saturated heterocycles. The number of halogens is 1. The summed E-state index contributed by atoms with van der Waals surface area (Å²) in [5.41, 5.74) is 2.09. The zero-order chi connectivity index (χ0) is 13.4. The van der Waals surface area contributed by atoms with E-state index in [4.69, 9.17) is 11.6 Å². The molecule has 19 heavy (non-hydrogen) atoms. The molecule has 1 N–H and O–H groups in total. The summed E-state index contributed by atoms with van der Waals surface area (Å²) < 4.78 is 0. The van der Waals surface area contributed by atoms with Crippen molar-refractivity contribution in [3.63, 3.8) is 0 Å². The largest absolute Gasteiger partial charge is 0.286 e. The van der Waals surface area contributed by atoms with Gasteiger partial charge in [0.2, 0.25) is 5.91 Å². The van der Waals surface area contributed by atoms with Crippen LogP contribution in [0, 0.1) is 0 Å². The lowest BCUT2D eigenvalue weighted by molar-refractivity contribution is -0.118. The zero-order valence-corrected chi connectivity index (χ0v) is 11.2. The molecule has 7 heteroatoms. The molecule has 1 aromatic carbocycles. The fourth-order valence-electron chi connectivity index (χ4n) is 1.84. The number of fused-ring (bicyclic) bond motifs is 1. The molecule has 1 aliphatic heterocycles. The van der Waals surface area contributed by atoms with Gasteiger partial charge in [0, 0.05) is 17.6 Å². The van der Waals surface area contributed by atoms with Crippen LogP contribution in [0.2, 0.25) is 5.02 Å². The summed E-state index contributed by atoms with van der Waals surface area (Å²) in [5.74, 6) is -0.275. The molecule has 1 fully saturated rings. The van der Waals surface area contributed by atoms with Crippen LogP contribution in [0.3, 0.4) is 0 Å². The predicted octanol–water partition coefficient (Wildman–Crippen LogP) is 2.18. The smallest absolute Gasteiger partial charge is 0.286 e. The number of amides is 2. The van der Waals surface area contributed by atoms with E-state index in [9.17, 15) is 9.59 Å². The van der Waals surface area contributed by atoms with Crippen LogP contribution in [0.1, 0.15) is 5.69 Å². The van der Waals surface area contributed by atoms with Crippen LogP contribution in [0.4, 0.5) is 4.79 Å². The highest BCUT2D eigenvalue weighted by atomic mass is 35.5. The fraction of sp³-hybridized carbons (Fsp3) is 0.167. The third-order valence-electron chi connectivity index (χ3n) is 2.72. The molecule has 5 nitrogen and oxygen atoms in total. The number of nitrogens with one attached hydrogen (secondary N) is 1. The maximum atomic E-state index is 11.5. The second-order valence-electron chi connectivity index (χ2n) is 4.08. The maximum absolute atomic E-state index is 11.5. The molecule has 2 amide bonds. The Balaban J connectivity index is 1.89. The molecule has 3 rings (SSSR count). The summed E-state index contributed by atoms with van der Waals surface area (Å²) in [6.07, 6.45) is 1.99. The summed E-state index contributed by atoms with van der Waals surface area (Å²) in [6, 6.07) is 5.26. The molecule has 2 heterocycles. The number of rotatable bonds is 2. The van der Waals surface area contributed by atoms with Crippen LogP contribution in [0.5, 0.6) is 0 Å². The van der Waals surface area contributed by atoms with Crippen molar-refractivity contribution in [3.05, 3.63) is 35.1 Å². The fourth-order valence-corrected chi connectivity index (χ4v) is 2.84. The number of benzene rings is 1. The van der Waals surface area contributed by atoms with Gasteiger partial charge in [-0.3, -0.25) is 19.9 Å². The monoisotopic (exact) mass is 293 g/mol. The topological polar surface area (TPSA) is 72.0 Å². The Morgan fingerprint density at radius 3 is 2.89 bits per heavy atom. The van der Waals surface area contributed by atoms with Gasteiger partial charge in [0.15, 0.2) is 0 Å².